The molecule has 0 aromatic heterocycles. The van der Waals surface area contributed by atoms with Crippen LogP contribution in [0.5, 0.6) is 0 Å². The number of aliphatic hydroxyl groups excluding tert-OH is 1. The summed E-state index contributed by atoms with van der Waals surface area (Å²) in [4.78, 5) is 10.6. The minimum Gasteiger partial charge on any atom is -0.393 e. The summed E-state index contributed by atoms with van der Waals surface area (Å²) in [5.41, 5.74) is 0.561. The molecule has 0 bridgehead atoms. The number of nitro groups is 1. The minimum absolute atomic E-state index is 0.0634. The average Bonchev–Trinajstić information content (AvgIpc) is 2.37. The van der Waals surface area contributed by atoms with Gasteiger partial charge < -0.3 is 10.4 Å². The number of nitrogens with one attached hydrogen (secondary N) is 1. The molecule has 0 radical (unpaired) electrons. The Bertz CT molecular complexity index is 467. The van der Waals surface area contributed by atoms with E-state index in [1.807, 2.05) is 0 Å². The molecular weight excluding hydrogens is 312 g/mol. The van der Waals surface area contributed by atoms with Gasteiger partial charge in [-0.3, -0.25) is 10.1 Å². The molecule has 1 fully saturated rings. The van der Waals surface area contributed by atoms with Crippen molar-refractivity contribution in [2.24, 2.45) is 5.92 Å². The average molecular weight is 329 g/mol. The smallest absolute Gasteiger partial charge is 0.292 e. The Balaban J connectivity index is 2.05. The Labute approximate surface area is 120 Å². The van der Waals surface area contributed by atoms with Crippen LogP contribution in [0.2, 0.25) is 0 Å². The first-order chi connectivity index (χ1) is 9.08. The number of benzene rings is 1. The molecule has 0 amide bonds. The molecule has 1 aliphatic rings. The van der Waals surface area contributed by atoms with Crippen LogP contribution in [0.15, 0.2) is 22.7 Å². The van der Waals surface area contributed by atoms with Crippen LogP contribution in [0.25, 0.3) is 0 Å². The Morgan fingerprint density at radius 3 is 2.84 bits per heavy atom. The van der Waals surface area contributed by atoms with E-state index in [4.69, 9.17) is 0 Å². The van der Waals surface area contributed by atoms with Crippen LogP contribution in [-0.2, 0) is 0 Å². The van der Waals surface area contributed by atoms with Gasteiger partial charge in [0.05, 0.1) is 11.0 Å². The van der Waals surface area contributed by atoms with Gasteiger partial charge in [-0.05, 0) is 25.0 Å². The Hall–Kier alpha value is -1.14. The van der Waals surface area contributed by atoms with Gasteiger partial charge in [0.25, 0.3) is 5.69 Å². The van der Waals surface area contributed by atoms with Crippen molar-refractivity contribution in [3.63, 3.8) is 0 Å². The fraction of sp³-hybridized carbons (Fsp3) is 0.538. The van der Waals surface area contributed by atoms with Crippen molar-refractivity contribution in [1.29, 1.82) is 0 Å². The number of halogens is 1. The monoisotopic (exact) mass is 328 g/mol. The number of rotatable bonds is 4. The van der Waals surface area contributed by atoms with Crippen LogP contribution in [0.4, 0.5) is 11.4 Å². The van der Waals surface area contributed by atoms with E-state index in [0.717, 1.165) is 30.2 Å². The van der Waals surface area contributed by atoms with Crippen LogP contribution < -0.4 is 5.32 Å². The van der Waals surface area contributed by atoms with Crippen LogP contribution in [0.3, 0.4) is 0 Å². The molecule has 1 aliphatic carbocycles. The van der Waals surface area contributed by atoms with Gasteiger partial charge in [-0.2, -0.15) is 0 Å². The third kappa shape index (κ3) is 3.67. The highest BCUT2D eigenvalue weighted by molar-refractivity contribution is 9.10. The lowest BCUT2D eigenvalue weighted by molar-refractivity contribution is -0.384. The van der Waals surface area contributed by atoms with E-state index in [0.29, 0.717) is 12.2 Å². The molecule has 2 unspecified atom stereocenters. The number of anilines is 1. The number of hydrogen-bond donors (Lipinski definition) is 2. The minimum atomic E-state index is -0.397. The van der Waals surface area contributed by atoms with Crippen LogP contribution in [0.1, 0.15) is 25.7 Å². The number of aliphatic hydroxyl groups is 1. The van der Waals surface area contributed by atoms with Gasteiger partial charge in [0.15, 0.2) is 0 Å². The molecule has 0 heterocycles. The lowest BCUT2D eigenvalue weighted by Gasteiger charge is -2.27. The molecule has 0 aliphatic heterocycles. The summed E-state index contributed by atoms with van der Waals surface area (Å²) in [6.07, 6.45) is 3.68. The number of hydrogen-bond acceptors (Lipinski definition) is 4. The maximum absolute atomic E-state index is 10.9. The van der Waals surface area contributed by atoms with Crippen molar-refractivity contribution in [3.8, 4) is 0 Å². The summed E-state index contributed by atoms with van der Waals surface area (Å²) in [6, 6.07) is 4.83. The topological polar surface area (TPSA) is 75.4 Å². The highest BCUT2D eigenvalue weighted by atomic mass is 79.9. The first kappa shape index (κ1) is 14.3. The maximum Gasteiger partial charge on any atom is 0.292 e. The summed E-state index contributed by atoms with van der Waals surface area (Å²) in [6.45, 7) is 0.568. The first-order valence-corrected chi connectivity index (χ1v) is 7.23. The predicted octanol–water partition coefficient (Wildman–Crippen LogP) is 3.32. The molecule has 2 rings (SSSR count). The molecule has 0 spiro atoms. The Kier molecular flexibility index (Phi) is 4.76. The molecule has 2 atom stereocenters. The maximum atomic E-state index is 10.9. The van der Waals surface area contributed by atoms with Gasteiger partial charge in [-0.15, -0.1) is 0 Å². The lowest BCUT2D eigenvalue weighted by Crippen LogP contribution is -2.30. The van der Waals surface area contributed by atoms with Gasteiger partial charge >= 0.3 is 0 Å². The van der Waals surface area contributed by atoms with Crippen LogP contribution in [0, 0.1) is 16.0 Å². The largest absolute Gasteiger partial charge is 0.393 e. The Morgan fingerprint density at radius 1 is 1.42 bits per heavy atom. The zero-order valence-electron chi connectivity index (χ0n) is 10.5. The molecule has 5 nitrogen and oxygen atoms in total. The predicted molar refractivity (Wildman–Crippen MR) is 77.3 cm³/mol. The molecule has 1 saturated carbocycles. The van der Waals surface area contributed by atoms with Gasteiger partial charge in [0.1, 0.15) is 5.69 Å². The zero-order chi connectivity index (χ0) is 13.8. The third-order valence-electron chi connectivity index (χ3n) is 3.58. The first-order valence-electron chi connectivity index (χ1n) is 6.44. The fourth-order valence-corrected chi connectivity index (χ4v) is 2.84. The normalized spacial score (nSPS) is 23.1. The van der Waals surface area contributed by atoms with Gasteiger partial charge in [-0.1, -0.05) is 28.8 Å². The highest BCUT2D eigenvalue weighted by Crippen LogP contribution is 2.30. The van der Waals surface area contributed by atoms with E-state index in [1.165, 1.54) is 6.07 Å². The molecule has 19 heavy (non-hydrogen) atoms. The van der Waals surface area contributed by atoms with Crippen molar-refractivity contribution in [2.45, 2.75) is 31.8 Å². The summed E-state index contributed by atoms with van der Waals surface area (Å²) < 4.78 is 0.796. The third-order valence-corrected chi connectivity index (χ3v) is 4.07. The summed E-state index contributed by atoms with van der Waals surface area (Å²) in [7, 11) is 0. The second-order valence-electron chi connectivity index (χ2n) is 4.91. The van der Waals surface area contributed by atoms with E-state index in [-0.39, 0.29) is 17.7 Å². The van der Waals surface area contributed by atoms with E-state index >= 15 is 0 Å². The number of nitrogens with zero attached hydrogens (tertiary/aromatic N) is 1. The van der Waals surface area contributed by atoms with Crippen molar-refractivity contribution >= 4 is 27.3 Å². The molecule has 0 saturated heterocycles. The molecule has 104 valence electrons. The second-order valence-corrected chi connectivity index (χ2v) is 5.83. The van der Waals surface area contributed by atoms with E-state index in [9.17, 15) is 15.2 Å². The zero-order valence-corrected chi connectivity index (χ0v) is 12.1. The van der Waals surface area contributed by atoms with E-state index < -0.39 is 4.92 Å². The molecule has 2 N–H and O–H groups in total. The van der Waals surface area contributed by atoms with Crippen molar-refractivity contribution < 1.29 is 10.0 Å². The SMILES string of the molecule is O=[N+]([O-])c1ccc(Br)cc1NCC1CCCCC1O. The second kappa shape index (κ2) is 6.34. The number of nitro benzene ring substituents is 1. The molecule has 6 heteroatoms. The van der Waals surface area contributed by atoms with Crippen LogP contribution >= 0.6 is 15.9 Å². The summed E-state index contributed by atoms with van der Waals surface area (Å²) in [5, 5.41) is 24.0. The van der Waals surface area contributed by atoms with Crippen LogP contribution in [-0.4, -0.2) is 22.7 Å². The van der Waals surface area contributed by atoms with Gasteiger partial charge in [0, 0.05) is 23.0 Å². The fourth-order valence-electron chi connectivity index (χ4n) is 2.48. The van der Waals surface area contributed by atoms with E-state index in [2.05, 4.69) is 21.2 Å². The van der Waals surface area contributed by atoms with Crippen molar-refractivity contribution in [2.75, 3.05) is 11.9 Å². The van der Waals surface area contributed by atoms with Crippen molar-refractivity contribution in [1.82, 2.24) is 0 Å². The standard InChI is InChI=1S/C13H17BrN2O3/c14-10-5-6-12(16(18)19)11(7-10)15-8-9-3-1-2-4-13(9)17/h5-7,9,13,15,17H,1-4,8H2. The summed E-state index contributed by atoms with van der Waals surface area (Å²) in [5.74, 6) is 0.173. The molecule has 1 aromatic rings. The summed E-state index contributed by atoms with van der Waals surface area (Å²) >= 11 is 3.31. The highest BCUT2D eigenvalue weighted by Gasteiger charge is 2.23. The molecule has 1 aromatic carbocycles. The Morgan fingerprint density at radius 2 is 2.16 bits per heavy atom. The van der Waals surface area contributed by atoms with Gasteiger partial charge in [-0.25, -0.2) is 0 Å². The van der Waals surface area contributed by atoms with E-state index in [1.54, 1.807) is 12.1 Å². The molecular formula is C13H17BrN2O3. The van der Waals surface area contributed by atoms with Gasteiger partial charge in [0.2, 0.25) is 0 Å². The van der Waals surface area contributed by atoms with Crippen molar-refractivity contribution in [3.05, 3.63) is 32.8 Å². The lowest BCUT2D eigenvalue weighted by atomic mass is 9.86. The quantitative estimate of drug-likeness (QED) is 0.656.